The first kappa shape index (κ1) is 11.5. The molecule has 19 heavy (non-hydrogen) atoms. The Bertz CT molecular complexity index is 678. The van der Waals surface area contributed by atoms with Gasteiger partial charge >= 0.3 is 0 Å². The van der Waals surface area contributed by atoms with E-state index in [0.717, 1.165) is 5.69 Å². The molecule has 3 rings (SSSR count). The standard InChI is InChI=1S/C11H8N6OS/c18-10(13-11-15-12-7-19-11)9-6-17(16-14-9)8-4-2-1-3-5-8/h1-7H,(H,13,15,18). The lowest BCUT2D eigenvalue weighted by Crippen LogP contribution is -2.12. The largest absolute Gasteiger partial charge is 0.295 e. The van der Waals surface area contributed by atoms with Crippen LogP contribution in [0.1, 0.15) is 10.5 Å². The summed E-state index contributed by atoms with van der Waals surface area (Å²) in [5.41, 5.74) is 2.60. The number of benzene rings is 1. The van der Waals surface area contributed by atoms with Gasteiger partial charge < -0.3 is 0 Å². The second-order valence-corrected chi connectivity index (χ2v) is 4.42. The van der Waals surface area contributed by atoms with E-state index in [2.05, 4.69) is 25.8 Å². The van der Waals surface area contributed by atoms with E-state index in [1.165, 1.54) is 21.5 Å². The molecular weight excluding hydrogens is 264 g/mol. The van der Waals surface area contributed by atoms with Gasteiger partial charge in [-0.25, -0.2) is 4.68 Å². The molecule has 2 heterocycles. The molecule has 0 saturated carbocycles. The molecule has 0 aliphatic heterocycles. The molecule has 3 aromatic rings. The van der Waals surface area contributed by atoms with Crippen LogP contribution in [0.2, 0.25) is 0 Å². The number of nitrogens with one attached hydrogen (secondary N) is 1. The van der Waals surface area contributed by atoms with Crippen molar-refractivity contribution in [2.24, 2.45) is 0 Å². The van der Waals surface area contributed by atoms with Crippen molar-refractivity contribution in [3.63, 3.8) is 0 Å². The Kier molecular flexibility index (Phi) is 2.99. The summed E-state index contributed by atoms with van der Waals surface area (Å²) in [6.07, 6.45) is 1.56. The average Bonchev–Trinajstić information content (AvgIpc) is 3.10. The number of amides is 1. The van der Waals surface area contributed by atoms with Crippen LogP contribution in [0.15, 0.2) is 42.0 Å². The maximum atomic E-state index is 11.9. The zero-order chi connectivity index (χ0) is 13.1. The van der Waals surface area contributed by atoms with E-state index < -0.39 is 0 Å². The molecule has 0 spiro atoms. The molecule has 8 heteroatoms. The van der Waals surface area contributed by atoms with Crippen molar-refractivity contribution >= 4 is 22.4 Å². The van der Waals surface area contributed by atoms with E-state index in [0.29, 0.717) is 5.13 Å². The lowest BCUT2D eigenvalue weighted by Gasteiger charge is -1.97. The highest BCUT2D eigenvalue weighted by atomic mass is 32.1. The van der Waals surface area contributed by atoms with Gasteiger partial charge in [0.25, 0.3) is 5.91 Å². The van der Waals surface area contributed by atoms with Crippen LogP contribution in [-0.2, 0) is 0 Å². The fourth-order valence-corrected chi connectivity index (χ4v) is 1.90. The number of aromatic nitrogens is 5. The first-order valence-electron chi connectivity index (χ1n) is 5.38. The zero-order valence-corrected chi connectivity index (χ0v) is 10.4. The smallest absolute Gasteiger partial charge is 0.279 e. The van der Waals surface area contributed by atoms with Crippen LogP contribution < -0.4 is 5.32 Å². The molecule has 0 atom stereocenters. The Hall–Kier alpha value is -2.61. The van der Waals surface area contributed by atoms with Crippen LogP contribution in [0, 0.1) is 0 Å². The van der Waals surface area contributed by atoms with E-state index in [4.69, 9.17) is 0 Å². The summed E-state index contributed by atoms with van der Waals surface area (Å²) in [4.78, 5) is 11.9. The number of carbonyl (C=O) groups excluding carboxylic acids is 1. The van der Waals surface area contributed by atoms with Gasteiger partial charge in [0.2, 0.25) is 5.13 Å². The molecule has 0 unspecified atom stereocenters. The molecule has 1 N–H and O–H groups in total. The monoisotopic (exact) mass is 272 g/mol. The third-order valence-corrected chi connectivity index (χ3v) is 2.93. The lowest BCUT2D eigenvalue weighted by molar-refractivity contribution is 0.102. The summed E-state index contributed by atoms with van der Waals surface area (Å²) in [6.45, 7) is 0. The molecule has 1 aromatic carbocycles. The summed E-state index contributed by atoms with van der Waals surface area (Å²) in [7, 11) is 0. The highest BCUT2D eigenvalue weighted by Crippen LogP contribution is 2.10. The van der Waals surface area contributed by atoms with Gasteiger partial charge in [0, 0.05) is 0 Å². The third kappa shape index (κ3) is 2.47. The topological polar surface area (TPSA) is 85.6 Å². The Morgan fingerprint density at radius 3 is 2.79 bits per heavy atom. The summed E-state index contributed by atoms with van der Waals surface area (Å²) < 4.78 is 1.54. The van der Waals surface area contributed by atoms with E-state index >= 15 is 0 Å². The van der Waals surface area contributed by atoms with E-state index in [1.54, 1.807) is 6.20 Å². The molecule has 0 saturated heterocycles. The lowest BCUT2D eigenvalue weighted by atomic mass is 10.3. The molecule has 0 bridgehead atoms. The summed E-state index contributed by atoms with van der Waals surface area (Å²) >= 11 is 1.24. The minimum absolute atomic E-state index is 0.221. The number of para-hydroxylation sites is 1. The van der Waals surface area contributed by atoms with E-state index in [9.17, 15) is 4.79 Å². The summed E-state index contributed by atoms with van der Waals surface area (Å²) in [5.74, 6) is -0.362. The SMILES string of the molecule is O=C(Nc1nncs1)c1cn(-c2ccccc2)nn1. The van der Waals surface area contributed by atoms with Gasteiger partial charge in [0.15, 0.2) is 5.69 Å². The van der Waals surface area contributed by atoms with Crippen molar-refractivity contribution in [1.82, 2.24) is 25.2 Å². The molecule has 0 radical (unpaired) electrons. The van der Waals surface area contributed by atoms with Crippen molar-refractivity contribution < 1.29 is 4.79 Å². The molecule has 0 fully saturated rings. The van der Waals surface area contributed by atoms with Gasteiger partial charge in [-0.15, -0.1) is 15.3 Å². The number of hydrogen-bond acceptors (Lipinski definition) is 6. The van der Waals surface area contributed by atoms with Crippen molar-refractivity contribution in [3.8, 4) is 5.69 Å². The zero-order valence-electron chi connectivity index (χ0n) is 9.59. The normalized spacial score (nSPS) is 10.3. The van der Waals surface area contributed by atoms with Gasteiger partial charge in [-0.2, -0.15) is 0 Å². The van der Waals surface area contributed by atoms with Crippen molar-refractivity contribution in [3.05, 3.63) is 47.7 Å². The van der Waals surface area contributed by atoms with Gasteiger partial charge in [-0.1, -0.05) is 34.7 Å². The number of anilines is 1. The fraction of sp³-hybridized carbons (Fsp3) is 0. The highest BCUT2D eigenvalue weighted by Gasteiger charge is 2.12. The Balaban J connectivity index is 1.80. The van der Waals surface area contributed by atoms with Gasteiger partial charge in [-0.3, -0.25) is 10.1 Å². The number of carbonyl (C=O) groups is 1. The predicted molar refractivity (Wildman–Crippen MR) is 69.2 cm³/mol. The molecule has 1 amide bonds. The minimum Gasteiger partial charge on any atom is -0.295 e. The first-order chi connectivity index (χ1) is 9.33. The van der Waals surface area contributed by atoms with Gasteiger partial charge in [0.05, 0.1) is 11.9 Å². The molecular formula is C11H8N6OS. The summed E-state index contributed by atoms with van der Waals surface area (Å²) in [5, 5.41) is 18.1. The Morgan fingerprint density at radius 1 is 1.21 bits per heavy atom. The molecule has 94 valence electrons. The van der Waals surface area contributed by atoms with Gasteiger partial charge in [-0.05, 0) is 12.1 Å². The number of hydrogen-bond donors (Lipinski definition) is 1. The third-order valence-electron chi connectivity index (χ3n) is 2.33. The molecule has 7 nitrogen and oxygen atoms in total. The number of nitrogens with zero attached hydrogens (tertiary/aromatic N) is 5. The van der Waals surface area contributed by atoms with Crippen LogP contribution >= 0.6 is 11.3 Å². The number of rotatable bonds is 3. The van der Waals surface area contributed by atoms with Crippen LogP contribution in [-0.4, -0.2) is 31.1 Å². The molecule has 2 aromatic heterocycles. The second kappa shape index (κ2) is 4.94. The van der Waals surface area contributed by atoms with Crippen molar-refractivity contribution in [2.75, 3.05) is 5.32 Å². The van der Waals surface area contributed by atoms with E-state index in [1.807, 2.05) is 30.3 Å². The fourth-order valence-electron chi connectivity index (χ4n) is 1.46. The highest BCUT2D eigenvalue weighted by molar-refractivity contribution is 7.13. The maximum absolute atomic E-state index is 11.9. The maximum Gasteiger partial charge on any atom is 0.279 e. The first-order valence-corrected chi connectivity index (χ1v) is 6.26. The molecule has 0 aliphatic carbocycles. The van der Waals surface area contributed by atoms with Crippen LogP contribution in [0.3, 0.4) is 0 Å². The van der Waals surface area contributed by atoms with Gasteiger partial charge in [0.1, 0.15) is 5.51 Å². The Morgan fingerprint density at radius 2 is 2.05 bits per heavy atom. The molecule has 0 aliphatic rings. The minimum atomic E-state index is -0.362. The Labute approximate surface area is 111 Å². The second-order valence-electron chi connectivity index (χ2n) is 3.58. The van der Waals surface area contributed by atoms with E-state index in [-0.39, 0.29) is 11.6 Å². The average molecular weight is 272 g/mol. The van der Waals surface area contributed by atoms with Crippen LogP contribution in [0.5, 0.6) is 0 Å². The van der Waals surface area contributed by atoms with Crippen LogP contribution in [0.25, 0.3) is 5.69 Å². The summed E-state index contributed by atoms with van der Waals surface area (Å²) in [6, 6.07) is 9.43. The quantitative estimate of drug-likeness (QED) is 0.778. The van der Waals surface area contributed by atoms with Crippen LogP contribution in [0.4, 0.5) is 5.13 Å². The predicted octanol–water partition coefficient (Wildman–Crippen LogP) is 1.37. The van der Waals surface area contributed by atoms with Crippen molar-refractivity contribution in [1.29, 1.82) is 0 Å². The van der Waals surface area contributed by atoms with Crippen molar-refractivity contribution in [2.45, 2.75) is 0 Å².